The van der Waals surface area contributed by atoms with Crippen LogP contribution in [0.15, 0.2) is 23.8 Å². The van der Waals surface area contributed by atoms with E-state index in [1.807, 2.05) is 24.7 Å². The van der Waals surface area contributed by atoms with E-state index in [4.69, 9.17) is 5.73 Å². The summed E-state index contributed by atoms with van der Waals surface area (Å²) in [5.41, 5.74) is 7.02. The second kappa shape index (κ2) is 5.89. The summed E-state index contributed by atoms with van der Waals surface area (Å²) in [4.78, 5) is 11.6. The smallest absolute Gasteiger partial charge is 0.259 e. The predicted molar refractivity (Wildman–Crippen MR) is 69.5 cm³/mol. The maximum Gasteiger partial charge on any atom is 0.259 e. The van der Waals surface area contributed by atoms with Crippen molar-refractivity contribution >= 4 is 42.1 Å². The zero-order valence-electron chi connectivity index (χ0n) is 8.41. The first-order chi connectivity index (χ1) is 6.68. The van der Waals surface area contributed by atoms with E-state index >= 15 is 0 Å². The molecule has 0 bridgehead atoms. The lowest BCUT2D eigenvalue weighted by Crippen LogP contribution is -2.09. The molecule has 0 radical (unpaired) electrons. The summed E-state index contributed by atoms with van der Waals surface area (Å²) >= 11 is 1.35. The molecule has 0 saturated heterocycles. The Hall–Kier alpha value is -1.04. The van der Waals surface area contributed by atoms with Crippen LogP contribution in [0.25, 0.3) is 11.1 Å². The molecule has 0 aromatic carbocycles. The monoisotopic (exact) mass is 279 g/mol. The number of hydrogen-bond donors (Lipinski definition) is 1. The fraction of sp³-hybridized carbons (Fsp3) is 0.111. The van der Waals surface area contributed by atoms with Crippen molar-refractivity contribution in [1.82, 2.24) is 9.78 Å². The number of thiophene rings is 1. The molecule has 2 aromatic rings. The average Bonchev–Trinajstić information content (AvgIpc) is 2.70. The van der Waals surface area contributed by atoms with Crippen LogP contribution in [0.2, 0.25) is 0 Å². The molecule has 16 heavy (non-hydrogen) atoms. The second-order valence-corrected chi connectivity index (χ2v) is 3.85. The minimum Gasteiger partial charge on any atom is -0.365 e. The van der Waals surface area contributed by atoms with E-state index in [0.29, 0.717) is 4.88 Å². The topological polar surface area (TPSA) is 60.9 Å². The molecule has 0 fully saturated rings. The largest absolute Gasteiger partial charge is 0.365 e. The third-order valence-corrected chi connectivity index (χ3v) is 2.83. The van der Waals surface area contributed by atoms with Crippen molar-refractivity contribution in [2.24, 2.45) is 12.8 Å². The number of aryl methyl sites for hydroxylation is 1. The third-order valence-electron chi connectivity index (χ3n) is 1.90. The molecular weight excluding hydrogens is 269 g/mol. The van der Waals surface area contributed by atoms with Gasteiger partial charge in [0, 0.05) is 24.4 Å². The third kappa shape index (κ3) is 2.75. The van der Waals surface area contributed by atoms with Crippen LogP contribution in [0.5, 0.6) is 0 Å². The first kappa shape index (κ1) is 15.0. The van der Waals surface area contributed by atoms with Crippen LogP contribution in [0.3, 0.4) is 0 Å². The van der Waals surface area contributed by atoms with Crippen molar-refractivity contribution in [2.45, 2.75) is 0 Å². The molecule has 0 aliphatic heterocycles. The summed E-state index contributed by atoms with van der Waals surface area (Å²) in [6, 6.07) is 1.88. The number of carbonyl (C=O) groups is 1. The standard InChI is InChI=1S/C9H9N3OS.2ClH/c1-12-5-6(4-11-12)7-2-3-14-8(7)9(10)13;;/h2-5H,1H3,(H2,10,13);2*1H. The molecule has 0 saturated carbocycles. The molecule has 0 unspecified atom stereocenters. The first-order valence-corrected chi connectivity index (χ1v) is 4.93. The Kier molecular flexibility index (Phi) is 5.50. The second-order valence-electron chi connectivity index (χ2n) is 2.93. The van der Waals surface area contributed by atoms with Crippen LogP contribution >= 0.6 is 36.2 Å². The Bertz CT molecular complexity index is 481. The van der Waals surface area contributed by atoms with Gasteiger partial charge in [0.1, 0.15) is 0 Å². The normalized spacial score (nSPS) is 9.06. The van der Waals surface area contributed by atoms with E-state index in [0.717, 1.165) is 11.1 Å². The van der Waals surface area contributed by atoms with Gasteiger partial charge >= 0.3 is 0 Å². The number of carbonyl (C=O) groups excluding carboxylic acids is 1. The van der Waals surface area contributed by atoms with Gasteiger partial charge in [0.05, 0.1) is 11.1 Å². The van der Waals surface area contributed by atoms with Gasteiger partial charge in [0.2, 0.25) is 0 Å². The summed E-state index contributed by atoms with van der Waals surface area (Å²) < 4.78 is 1.69. The number of amides is 1. The van der Waals surface area contributed by atoms with Gasteiger partial charge in [-0.05, 0) is 11.4 Å². The van der Waals surface area contributed by atoms with Gasteiger partial charge < -0.3 is 5.73 Å². The van der Waals surface area contributed by atoms with Gasteiger partial charge in [-0.3, -0.25) is 9.48 Å². The summed E-state index contributed by atoms with van der Waals surface area (Å²) in [5, 5.41) is 5.89. The van der Waals surface area contributed by atoms with Crippen molar-refractivity contribution in [3.8, 4) is 11.1 Å². The average molecular weight is 280 g/mol. The molecule has 0 aliphatic rings. The molecule has 2 rings (SSSR count). The van der Waals surface area contributed by atoms with Crippen molar-refractivity contribution < 1.29 is 4.79 Å². The van der Waals surface area contributed by atoms with Gasteiger partial charge in [-0.2, -0.15) is 5.10 Å². The highest BCUT2D eigenvalue weighted by molar-refractivity contribution is 7.12. The first-order valence-electron chi connectivity index (χ1n) is 4.05. The van der Waals surface area contributed by atoms with Crippen LogP contribution in [0.1, 0.15) is 9.67 Å². The van der Waals surface area contributed by atoms with Gasteiger partial charge in [-0.15, -0.1) is 36.2 Å². The van der Waals surface area contributed by atoms with Crippen LogP contribution in [0.4, 0.5) is 0 Å². The number of halogens is 2. The van der Waals surface area contributed by atoms with Gasteiger partial charge in [0.25, 0.3) is 5.91 Å². The van der Waals surface area contributed by atoms with Crippen molar-refractivity contribution in [1.29, 1.82) is 0 Å². The van der Waals surface area contributed by atoms with Gasteiger partial charge in [-0.1, -0.05) is 0 Å². The Morgan fingerprint density at radius 1 is 1.50 bits per heavy atom. The van der Waals surface area contributed by atoms with Crippen LogP contribution in [-0.4, -0.2) is 15.7 Å². The number of nitrogens with two attached hydrogens (primary N) is 1. The van der Waals surface area contributed by atoms with Crippen LogP contribution in [-0.2, 0) is 7.05 Å². The van der Waals surface area contributed by atoms with E-state index in [9.17, 15) is 4.79 Å². The van der Waals surface area contributed by atoms with Crippen molar-refractivity contribution in [2.75, 3.05) is 0 Å². The quantitative estimate of drug-likeness (QED) is 0.915. The van der Waals surface area contributed by atoms with Crippen LogP contribution < -0.4 is 5.73 Å². The van der Waals surface area contributed by atoms with E-state index in [-0.39, 0.29) is 30.7 Å². The Morgan fingerprint density at radius 3 is 2.69 bits per heavy atom. The van der Waals surface area contributed by atoms with Gasteiger partial charge in [-0.25, -0.2) is 0 Å². The predicted octanol–water partition coefficient (Wildman–Crippen LogP) is 2.09. The lowest BCUT2D eigenvalue weighted by atomic mass is 10.1. The molecular formula is C9H11Cl2N3OS. The molecule has 7 heteroatoms. The number of primary amides is 1. The maximum atomic E-state index is 11.1. The minimum atomic E-state index is -0.390. The van der Waals surface area contributed by atoms with E-state index < -0.39 is 0 Å². The highest BCUT2D eigenvalue weighted by atomic mass is 35.5. The molecule has 0 aliphatic carbocycles. The highest BCUT2D eigenvalue weighted by Crippen LogP contribution is 2.27. The molecule has 1 amide bonds. The fourth-order valence-electron chi connectivity index (χ4n) is 1.29. The summed E-state index contributed by atoms with van der Waals surface area (Å²) in [6.07, 6.45) is 3.57. The molecule has 4 nitrogen and oxygen atoms in total. The zero-order chi connectivity index (χ0) is 10.1. The minimum absolute atomic E-state index is 0. The maximum absolute atomic E-state index is 11.1. The summed E-state index contributed by atoms with van der Waals surface area (Å²) in [5.74, 6) is -0.390. The number of aromatic nitrogens is 2. The molecule has 2 aromatic heterocycles. The lowest BCUT2D eigenvalue weighted by molar-refractivity contribution is 0.100. The Labute approximate surface area is 109 Å². The van der Waals surface area contributed by atoms with E-state index in [2.05, 4.69) is 5.10 Å². The molecule has 2 heterocycles. The lowest BCUT2D eigenvalue weighted by Gasteiger charge is -1.95. The molecule has 2 N–H and O–H groups in total. The summed E-state index contributed by atoms with van der Waals surface area (Å²) in [6.45, 7) is 0. The zero-order valence-corrected chi connectivity index (χ0v) is 10.9. The van der Waals surface area contributed by atoms with Gasteiger partial charge in [0.15, 0.2) is 0 Å². The number of rotatable bonds is 2. The van der Waals surface area contributed by atoms with Crippen molar-refractivity contribution in [3.63, 3.8) is 0 Å². The van der Waals surface area contributed by atoms with Crippen molar-refractivity contribution in [3.05, 3.63) is 28.7 Å². The SMILES string of the molecule is Cl.Cl.Cn1cc(-c2ccsc2C(N)=O)cn1. The van der Waals surface area contributed by atoms with Crippen LogP contribution in [0, 0.1) is 0 Å². The molecule has 88 valence electrons. The number of hydrogen-bond acceptors (Lipinski definition) is 3. The highest BCUT2D eigenvalue weighted by Gasteiger charge is 2.12. The molecule has 0 atom stereocenters. The molecule has 0 spiro atoms. The summed E-state index contributed by atoms with van der Waals surface area (Å²) in [7, 11) is 1.83. The van der Waals surface area contributed by atoms with E-state index in [1.54, 1.807) is 10.9 Å². The van der Waals surface area contributed by atoms with E-state index in [1.165, 1.54) is 11.3 Å². The Morgan fingerprint density at radius 2 is 2.19 bits per heavy atom. The number of nitrogens with zero attached hydrogens (tertiary/aromatic N) is 2. The fourth-order valence-corrected chi connectivity index (χ4v) is 2.06. The Balaban J connectivity index is 0.00000112.